The van der Waals surface area contributed by atoms with Gasteiger partial charge in [0.25, 0.3) is 5.91 Å². The number of ether oxygens (including phenoxy) is 2. The standard InChI is InChI=1S/C31H29N3O5/c1-20-8-7-13-25(16-20)39-30-27(29(36)34-30)33-28(35)26(32-31(37)38-19-21-9-3-2-4-10-21)18-22-14-15-23-11-5-6-12-24(23)17-22/h2-17,26-27,30H,18-19H2,1H3,(H,32,37)(H,33,35)(H,34,36)/t26-,27+,30-/m0/s1. The van der Waals surface area contributed by atoms with Crippen molar-refractivity contribution in [3.63, 3.8) is 0 Å². The summed E-state index contributed by atoms with van der Waals surface area (Å²) < 4.78 is 11.2. The van der Waals surface area contributed by atoms with Gasteiger partial charge in [-0.25, -0.2) is 4.79 Å². The number of fused-ring (bicyclic) bond motifs is 1. The molecule has 198 valence electrons. The van der Waals surface area contributed by atoms with Crippen LogP contribution in [-0.2, 0) is 27.4 Å². The van der Waals surface area contributed by atoms with Crippen molar-refractivity contribution >= 4 is 28.7 Å². The van der Waals surface area contributed by atoms with E-state index >= 15 is 0 Å². The maximum Gasteiger partial charge on any atom is 0.408 e. The van der Waals surface area contributed by atoms with E-state index < -0.39 is 30.3 Å². The van der Waals surface area contributed by atoms with Crippen molar-refractivity contribution < 1.29 is 23.9 Å². The molecule has 8 heteroatoms. The molecule has 0 aromatic heterocycles. The third-order valence-electron chi connectivity index (χ3n) is 6.50. The molecule has 5 rings (SSSR count). The number of hydrogen-bond donors (Lipinski definition) is 3. The number of alkyl carbamates (subject to hydrolysis) is 1. The molecule has 0 radical (unpaired) electrons. The summed E-state index contributed by atoms with van der Waals surface area (Å²) in [6.07, 6.45) is -1.26. The topological polar surface area (TPSA) is 106 Å². The van der Waals surface area contributed by atoms with Crippen LogP contribution in [0, 0.1) is 6.92 Å². The van der Waals surface area contributed by atoms with Crippen molar-refractivity contribution in [2.75, 3.05) is 0 Å². The van der Waals surface area contributed by atoms with Gasteiger partial charge in [0.15, 0.2) is 6.04 Å². The fraction of sp³-hybridized carbons (Fsp3) is 0.194. The molecule has 4 aromatic rings. The third-order valence-corrected chi connectivity index (χ3v) is 6.50. The van der Waals surface area contributed by atoms with Gasteiger partial charge in [-0.2, -0.15) is 0 Å². The summed E-state index contributed by atoms with van der Waals surface area (Å²) in [7, 11) is 0. The van der Waals surface area contributed by atoms with Crippen LogP contribution in [0.25, 0.3) is 10.8 Å². The van der Waals surface area contributed by atoms with Crippen LogP contribution in [-0.4, -0.2) is 36.2 Å². The molecule has 1 aliphatic rings. The quantitative estimate of drug-likeness (QED) is 0.288. The molecule has 1 fully saturated rings. The molecule has 1 heterocycles. The van der Waals surface area contributed by atoms with Crippen molar-refractivity contribution in [1.82, 2.24) is 16.0 Å². The Labute approximate surface area is 226 Å². The number of β-lactam (4-membered cyclic amide) rings is 1. The van der Waals surface area contributed by atoms with Gasteiger partial charge in [-0.15, -0.1) is 0 Å². The normalized spacial score (nSPS) is 16.9. The SMILES string of the molecule is Cc1cccc(O[C@@H]2NC(=O)[C@H]2NC(=O)[C@H](Cc2ccc3ccccc3c2)NC(=O)OCc2ccccc2)c1. The minimum Gasteiger partial charge on any atom is -0.468 e. The Kier molecular flexibility index (Phi) is 7.73. The van der Waals surface area contributed by atoms with Crippen molar-refractivity contribution in [2.24, 2.45) is 0 Å². The summed E-state index contributed by atoms with van der Waals surface area (Å²) in [4.78, 5) is 38.4. The Morgan fingerprint density at radius 3 is 2.41 bits per heavy atom. The second-order valence-electron chi connectivity index (χ2n) is 9.49. The van der Waals surface area contributed by atoms with Crippen LogP contribution < -0.4 is 20.7 Å². The van der Waals surface area contributed by atoms with Gasteiger partial charge >= 0.3 is 6.09 Å². The highest BCUT2D eigenvalue weighted by molar-refractivity contribution is 5.95. The van der Waals surface area contributed by atoms with E-state index in [-0.39, 0.29) is 18.9 Å². The first kappa shape index (κ1) is 25.8. The second kappa shape index (κ2) is 11.7. The lowest BCUT2D eigenvalue weighted by atomic mass is 10.0. The van der Waals surface area contributed by atoms with Gasteiger partial charge < -0.3 is 25.4 Å². The molecule has 1 saturated heterocycles. The fourth-order valence-electron chi connectivity index (χ4n) is 4.40. The first-order chi connectivity index (χ1) is 18.9. The number of carbonyl (C=O) groups is 3. The van der Waals surface area contributed by atoms with E-state index in [0.717, 1.165) is 27.5 Å². The summed E-state index contributed by atoms with van der Waals surface area (Å²) in [5, 5.41) is 10.2. The van der Waals surface area contributed by atoms with Gasteiger partial charge in [0, 0.05) is 6.42 Å². The predicted molar refractivity (Wildman–Crippen MR) is 147 cm³/mol. The Hall–Kier alpha value is -4.85. The number of benzene rings is 4. The van der Waals surface area contributed by atoms with E-state index in [4.69, 9.17) is 9.47 Å². The molecule has 1 aliphatic heterocycles. The van der Waals surface area contributed by atoms with Crippen LogP contribution >= 0.6 is 0 Å². The maximum atomic E-state index is 13.4. The lowest BCUT2D eigenvalue weighted by Crippen LogP contribution is -2.72. The first-order valence-electron chi connectivity index (χ1n) is 12.7. The van der Waals surface area contributed by atoms with E-state index in [0.29, 0.717) is 5.75 Å². The highest BCUT2D eigenvalue weighted by atomic mass is 16.5. The molecule has 4 aromatic carbocycles. The zero-order chi connectivity index (χ0) is 27.2. The van der Waals surface area contributed by atoms with Gasteiger partial charge in [-0.1, -0.05) is 84.9 Å². The summed E-state index contributed by atoms with van der Waals surface area (Å²) in [5.41, 5.74) is 2.68. The largest absolute Gasteiger partial charge is 0.468 e. The van der Waals surface area contributed by atoms with Crippen molar-refractivity contribution in [2.45, 2.75) is 38.3 Å². The van der Waals surface area contributed by atoms with Crippen molar-refractivity contribution in [3.05, 3.63) is 114 Å². The van der Waals surface area contributed by atoms with Crippen molar-refractivity contribution in [1.29, 1.82) is 0 Å². The molecule has 39 heavy (non-hydrogen) atoms. The number of nitrogens with one attached hydrogen (secondary N) is 3. The molecular formula is C31H29N3O5. The van der Waals surface area contributed by atoms with E-state index in [1.54, 1.807) is 6.07 Å². The lowest BCUT2D eigenvalue weighted by Gasteiger charge is -2.37. The highest BCUT2D eigenvalue weighted by Crippen LogP contribution is 2.19. The number of rotatable bonds is 9. The number of aryl methyl sites for hydroxylation is 1. The van der Waals surface area contributed by atoms with Crippen LogP contribution in [0.15, 0.2) is 97.1 Å². The number of hydrogen-bond acceptors (Lipinski definition) is 5. The zero-order valence-electron chi connectivity index (χ0n) is 21.4. The molecule has 0 aliphatic carbocycles. The van der Waals surface area contributed by atoms with Crippen LogP contribution in [0.1, 0.15) is 16.7 Å². The van der Waals surface area contributed by atoms with E-state index in [9.17, 15) is 14.4 Å². The molecule has 3 amide bonds. The second-order valence-corrected chi connectivity index (χ2v) is 9.49. The minimum atomic E-state index is -0.984. The smallest absolute Gasteiger partial charge is 0.408 e. The van der Waals surface area contributed by atoms with Crippen LogP contribution in [0.2, 0.25) is 0 Å². The van der Waals surface area contributed by atoms with Crippen LogP contribution in [0.4, 0.5) is 4.79 Å². The molecule has 0 spiro atoms. The molecule has 8 nitrogen and oxygen atoms in total. The molecular weight excluding hydrogens is 494 g/mol. The summed E-state index contributed by atoms with van der Waals surface area (Å²) in [6, 6.07) is 28.6. The Morgan fingerprint density at radius 1 is 0.872 bits per heavy atom. The molecule has 0 unspecified atom stereocenters. The highest BCUT2D eigenvalue weighted by Gasteiger charge is 2.43. The Morgan fingerprint density at radius 2 is 1.64 bits per heavy atom. The molecule has 0 bridgehead atoms. The lowest BCUT2D eigenvalue weighted by molar-refractivity contribution is -0.143. The van der Waals surface area contributed by atoms with Gasteiger partial charge in [0.1, 0.15) is 18.4 Å². The van der Waals surface area contributed by atoms with Gasteiger partial charge in [-0.05, 0) is 46.5 Å². The van der Waals surface area contributed by atoms with E-state index in [1.165, 1.54) is 0 Å². The van der Waals surface area contributed by atoms with Gasteiger partial charge in [-0.3, -0.25) is 9.59 Å². The molecule has 3 atom stereocenters. The Bertz CT molecular complexity index is 1490. The maximum absolute atomic E-state index is 13.4. The molecule has 0 saturated carbocycles. The zero-order valence-corrected chi connectivity index (χ0v) is 21.4. The Balaban J connectivity index is 1.29. The summed E-state index contributed by atoms with van der Waals surface area (Å²) in [5.74, 6) is -0.302. The third kappa shape index (κ3) is 6.54. The summed E-state index contributed by atoms with van der Waals surface area (Å²) >= 11 is 0. The number of amides is 3. The average Bonchev–Trinajstić information content (AvgIpc) is 2.94. The van der Waals surface area contributed by atoms with Crippen LogP contribution in [0.3, 0.4) is 0 Å². The van der Waals surface area contributed by atoms with E-state index in [2.05, 4.69) is 16.0 Å². The average molecular weight is 524 g/mol. The van der Waals surface area contributed by atoms with Crippen LogP contribution in [0.5, 0.6) is 5.75 Å². The van der Waals surface area contributed by atoms with Crippen molar-refractivity contribution in [3.8, 4) is 5.75 Å². The monoisotopic (exact) mass is 523 g/mol. The predicted octanol–water partition coefficient (Wildman–Crippen LogP) is 4.01. The van der Waals surface area contributed by atoms with Gasteiger partial charge in [0.2, 0.25) is 12.1 Å². The fourth-order valence-corrected chi connectivity index (χ4v) is 4.40. The minimum absolute atomic E-state index is 0.0639. The number of carbonyl (C=O) groups excluding carboxylic acids is 3. The summed E-state index contributed by atoms with van der Waals surface area (Å²) in [6.45, 7) is 2.00. The molecule has 3 N–H and O–H groups in total. The van der Waals surface area contributed by atoms with E-state index in [1.807, 2.05) is 97.9 Å². The first-order valence-corrected chi connectivity index (χ1v) is 12.7. The van der Waals surface area contributed by atoms with Gasteiger partial charge in [0.05, 0.1) is 0 Å².